The lowest BCUT2D eigenvalue weighted by Crippen LogP contribution is -2.39. The second kappa shape index (κ2) is 7.47. The van der Waals surface area contributed by atoms with Crippen LogP contribution in [0, 0.1) is 0 Å². The van der Waals surface area contributed by atoms with E-state index in [2.05, 4.69) is 27.3 Å². The fourth-order valence-corrected chi connectivity index (χ4v) is 3.35. The Labute approximate surface area is 151 Å². The number of carbonyl (C=O) groups excluding carboxylic acids is 1. The molecule has 132 valence electrons. The molecule has 0 N–H and O–H groups in total. The molecule has 0 radical (unpaired) electrons. The summed E-state index contributed by atoms with van der Waals surface area (Å²) in [5.41, 5.74) is 1.76. The maximum absolute atomic E-state index is 12.6. The molecule has 0 unspecified atom stereocenters. The van der Waals surface area contributed by atoms with Crippen molar-refractivity contribution in [1.82, 2.24) is 20.1 Å². The molecule has 1 aromatic carbocycles. The molecule has 3 aromatic rings. The van der Waals surface area contributed by atoms with Crippen molar-refractivity contribution in [3.8, 4) is 0 Å². The zero-order valence-corrected chi connectivity index (χ0v) is 14.4. The summed E-state index contributed by atoms with van der Waals surface area (Å²) in [6, 6.07) is 11.9. The Morgan fingerprint density at radius 1 is 1.15 bits per heavy atom. The summed E-state index contributed by atoms with van der Waals surface area (Å²) in [4.78, 5) is 19.0. The lowest BCUT2D eigenvalue weighted by Gasteiger charge is -2.31. The minimum absolute atomic E-state index is 0.0133. The average Bonchev–Trinajstić information content (AvgIpc) is 3.17. The summed E-state index contributed by atoms with van der Waals surface area (Å²) in [6.45, 7) is 1.36. The minimum Gasteiger partial charge on any atom is -0.445 e. The van der Waals surface area contributed by atoms with Gasteiger partial charge in [-0.05, 0) is 24.5 Å². The molecule has 1 aliphatic heterocycles. The lowest BCUT2D eigenvalue weighted by molar-refractivity contribution is 0.0697. The molecular formula is C20H20N4O2. The number of carbonyl (C=O) groups is 1. The number of rotatable bonds is 4. The van der Waals surface area contributed by atoms with Gasteiger partial charge in [0.1, 0.15) is 5.76 Å². The van der Waals surface area contributed by atoms with Crippen LogP contribution in [-0.4, -0.2) is 39.1 Å². The zero-order valence-electron chi connectivity index (χ0n) is 14.4. The Balaban J connectivity index is 1.44. The summed E-state index contributed by atoms with van der Waals surface area (Å²) in [7, 11) is 0. The highest BCUT2D eigenvalue weighted by molar-refractivity contribution is 5.93. The molecular weight excluding hydrogens is 328 g/mol. The number of hydrogen-bond acceptors (Lipinski definition) is 5. The third kappa shape index (κ3) is 3.64. The number of benzene rings is 1. The predicted molar refractivity (Wildman–Crippen MR) is 95.7 cm³/mol. The summed E-state index contributed by atoms with van der Waals surface area (Å²) in [5, 5.41) is 7.52. The van der Waals surface area contributed by atoms with Gasteiger partial charge in [-0.15, -0.1) is 0 Å². The molecule has 0 bridgehead atoms. The topological polar surface area (TPSA) is 72.1 Å². The molecule has 1 fully saturated rings. The third-order valence-electron chi connectivity index (χ3n) is 4.68. The van der Waals surface area contributed by atoms with E-state index in [0.29, 0.717) is 12.1 Å². The molecule has 1 atom stereocenters. The maximum atomic E-state index is 12.6. The number of aromatic nitrogens is 3. The molecule has 2 aromatic heterocycles. The minimum atomic E-state index is -0.0133. The molecule has 1 saturated heterocycles. The van der Waals surface area contributed by atoms with Gasteiger partial charge in [-0.25, -0.2) is 4.98 Å². The number of hydrogen-bond donors (Lipinski definition) is 0. The van der Waals surface area contributed by atoms with Crippen LogP contribution in [0.15, 0.2) is 59.4 Å². The van der Waals surface area contributed by atoms with Crippen molar-refractivity contribution < 1.29 is 9.21 Å². The van der Waals surface area contributed by atoms with E-state index in [1.165, 1.54) is 11.8 Å². The lowest BCUT2D eigenvalue weighted by atomic mass is 9.97. The van der Waals surface area contributed by atoms with Crippen molar-refractivity contribution >= 4 is 5.91 Å². The molecule has 26 heavy (non-hydrogen) atoms. The van der Waals surface area contributed by atoms with Gasteiger partial charge in [-0.3, -0.25) is 4.79 Å². The van der Waals surface area contributed by atoms with Crippen LogP contribution < -0.4 is 0 Å². The number of nitrogens with zero attached hydrogens (tertiary/aromatic N) is 4. The fraction of sp³-hybridized carbons (Fsp3) is 0.300. The van der Waals surface area contributed by atoms with Gasteiger partial charge in [0.05, 0.1) is 30.1 Å². The number of amides is 1. The molecule has 1 amide bonds. The van der Waals surface area contributed by atoms with Gasteiger partial charge < -0.3 is 9.32 Å². The first-order valence-electron chi connectivity index (χ1n) is 8.84. The molecule has 1 aliphatic rings. The van der Waals surface area contributed by atoms with Crippen molar-refractivity contribution in [2.45, 2.75) is 25.2 Å². The first-order valence-corrected chi connectivity index (χ1v) is 8.84. The van der Waals surface area contributed by atoms with Crippen molar-refractivity contribution in [2.24, 2.45) is 0 Å². The Kier molecular flexibility index (Phi) is 4.73. The second-order valence-electron chi connectivity index (χ2n) is 6.55. The van der Waals surface area contributed by atoms with Gasteiger partial charge in [0.25, 0.3) is 5.91 Å². The highest BCUT2D eigenvalue weighted by Crippen LogP contribution is 2.28. The van der Waals surface area contributed by atoms with Gasteiger partial charge in [0, 0.05) is 19.5 Å². The van der Waals surface area contributed by atoms with Gasteiger partial charge in [-0.1, -0.05) is 30.3 Å². The Hall–Kier alpha value is -3.02. The van der Waals surface area contributed by atoms with E-state index in [1.807, 2.05) is 23.1 Å². The molecule has 6 heteroatoms. The highest BCUT2D eigenvalue weighted by Gasteiger charge is 2.28. The van der Waals surface area contributed by atoms with E-state index in [0.717, 1.165) is 37.5 Å². The monoisotopic (exact) mass is 348 g/mol. The first kappa shape index (κ1) is 16.4. The first-order chi connectivity index (χ1) is 12.8. The zero-order chi connectivity index (χ0) is 17.8. The van der Waals surface area contributed by atoms with Gasteiger partial charge in [0.2, 0.25) is 0 Å². The fourth-order valence-electron chi connectivity index (χ4n) is 3.35. The van der Waals surface area contributed by atoms with E-state index in [4.69, 9.17) is 4.42 Å². The van der Waals surface area contributed by atoms with Crippen LogP contribution in [0.2, 0.25) is 0 Å². The molecule has 3 heterocycles. The third-order valence-corrected chi connectivity index (χ3v) is 4.68. The summed E-state index contributed by atoms with van der Waals surface area (Å²) < 4.78 is 5.99. The summed E-state index contributed by atoms with van der Waals surface area (Å²) in [6.07, 6.45) is 7.49. The standard InChI is InChI=1S/C20H20N4O2/c25-20(16-8-9-22-23-12-16)24-10-4-7-17(14-24)19-21-13-18(26-19)11-15-5-2-1-3-6-15/h1-3,5-6,8-9,12-13,17H,4,7,10-11,14H2/t17-/m1/s1. The quantitative estimate of drug-likeness (QED) is 0.724. The average molecular weight is 348 g/mol. The van der Waals surface area contributed by atoms with E-state index in [-0.39, 0.29) is 11.8 Å². The van der Waals surface area contributed by atoms with Crippen LogP contribution in [0.1, 0.15) is 46.3 Å². The van der Waals surface area contributed by atoms with Crippen LogP contribution in [0.3, 0.4) is 0 Å². The van der Waals surface area contributed by atoms with Crippen LogP contribution in [-0.2, 0) is 6.42 Å². The molecule has 0 aliphatic carbocycles. The number of piperidine rings is 1. The smallest absolute Gasteiger partial charge is 0.255 e. The van der Waals surface area contributed by atoms with Gasteiger partial charge >= 0.3 is 0 Å². The van der Waals surface area contributed by atoms with E-state index >= 15 is 0 Å². The summed E-state index contributed by atoms with van der Waals surface area (Å²) in [5.74, 6) is 1.70. The van der Waals surface area contributed by atoms with E-state index in [1.54, 1.807) is 18.5 Å². The van der Waals surface area contributed by atoms with Crippen molar-refractivity contribution in [3.05, 3.63) is 77.8 Å². The van der Waals surface area contributed by atoms with Crippen LogP contribution in [0.25, 0.3) is 0 Å². The maximum Gasteiger partial charge on any atom is 0.255 e. The van der Waals surface area contributed by atoms with Crippen LogP contribution >= 0.6 is 0 Å². The SMILES string of the molecule is O=C(c1ccnnc1)N1CCC[C@@H](c2ncc(Cc3ccccc3)o2)C1. The van der Waals surface area contributed by atoms with Crippen LogP contribution in [0.4, 0.5) is 0 Å². The Bertz CT molecular complexity index is 864. The van der Waals surface area contributed by atoms with Crippen molar-refractivity contribution in [3.63, 3.8) is 0 Å². The highest BCUT2D eigenvalue weighted by atomic mass is 16.4. The van der Waals surface area contributed by atoms with E-state index in [9.17, 15) is 4.79 Å². The number of likely N-dealkylation sites (tertiary alicyclic amines) is 1. The molecule has 6 nitrogen and oxygen atoms in total. The van der Waals surface area contributed by atoms with E-state index < -0.39 is 0 Å². The summed E-state index contributed by atoms with van der Waals surface area (Å²) >= 11 is 0. The number of oxazole rings is 1. The molecule has 0 saturated carbocycles. The van der Waals surface area contributed by atoms with Crippen molar-refractivity contribution in [2.75, 3.05) is 13.1 Å². The Morgan fingerprint density at radius 2 is 2.04 bits per heavy atom. The Morgan fingerprint density at radius 3 is 2.85 bits per heavy atom. The largest absolute Gasteiger partial charge is 0.445 e. The van der Waals surface area contributed by atoms with Gasteiger partial charge in [0.15, 0.2) is 5.89 Å². The normalized spacial score (nSPS) is 17.2. The second-order valence-corrected chi connectivity index (χ2v) is 6.55. The molecule has 4 rings (SSSR count). The van der Waals surface area contributed by atoms with Crippen LogP contribution in [0.5, 0.6) is 0 Å². The molecule has 0 spiro atoms. The van der Waals surface area contributed by atoms with Gasteiger partial charge in [-0.2, -0.15) is 10.2 Å². The van der Waals surface area contributed by atoms with Crippen molar-refractivity contribution in [1.29, 1.82) is 0 Å². The predicted octanol–water partition coefficient (Wildman–Crippen LogP) is 3.08.